The highest BCUT2D eigenvalue weighted by atomic mass is 14.2. The molecule has 0 spiro atoms. The zero-order valence-corrected chi connectivity index (χ0v) is 10.8. The largest absolute Gasteiger partial charge is 0.0874 e. The highest BCUT2D eigenvalue weighted by Crippen LogP contribution is 2.25. The van der Waals surface area contributed by atoms with E-state index in [9.17, 15) is 0 Å². The van der Waals surface area contributed by atoms with Crippen molar-refractivity contribution in [2.24, 2.45) is 5.41 Å². The van der Waals surface area contributed by atoms with Crippen LogP contribution in [-0.4, -0.2) is 0 Å². The van der Waals surface area contributed by atoms with Gasteiger partial charge in [0.05, 0.1) is 0 Å². The Morgan fingerprint density at radius 1 is 1.21 bits per heavy atom. The lowest BCUT2D eigenvalue weighted by Gasteiger charge is -2.19. The zero-order valence-electron chi connectivity index (χ0n) is 10.8. The third-order valence-corrected chi connectivity index (χ3v) is 2.59. The lowest BCUT2D eigenvalue weighted by atomic mass is 9.87. The summed E-state index contributed by atoms with van der Waals surface area (Å²) in [4.78, 5) is 0. The van der Waals surface area contributed by atoms with Gasteiger partial charge in [-0.1, -0.05) is 45.4 Å². The Hall–Kier alpha value is -0.520. The Labute approximate surface area is 90.1 Å². The lowest BCUT2D eigenvalue weighted by molar-refractivity contribution is 0.378. The summed E-state index contributed by atoms with van der Waals surface area (Å²) in [5.41, 5.74) is 3.51. The van der Waals surface area contributed by atoms with E-state index < -0.39 is 0 Å². The van der Waals surface area contributed by atoms with Crippen LogP contribution in [0.15, 0.2) is 23.3 Å². The van der Waals surface area contributed by atoms with Gasteiger partial charge in [0, 0.05) is 0 Å². The predicted molar refractivity (Wildman–Crippen MR) is 66.5 cm³/mol. The number of hydrogen-bond acceptors (Lipinski definition) is 0. The van der Waals surface area contributed by atoms with Gasteiger partial charge < -0.3 is 0 Å². The molecule has 0 aliphatic rings. The highest BCUT2D eigenvalue weighted by Gasteiger charge is 2.10. The van der Waals surface area contributed by atoms with Crippen LogP contribution < -0.4 is 0 Å². The molecule has 0 N–H and O–H groups in total. The van der Waals surface area contributed by atoms with Crippen molar-refractivity contribution >= 4 is 0 Å². The van der Waals surface area contributed by atoms with E-state index in [-0.39, 0.29) is 0 Å². The predicted octanol–water partition coefficient (Wildman–Crippen LogP) is 5.12. The van der Waals surface area contributed by atoms with Gasteiger partial charge in [0.15, 0.2) is 0 Å². The minimum atomic E-state index is 0.445. The van der Waals surface area contributed by atoms with E-state index in [1.54, 1.807) is 0 Å². The van der Waals surface area contributed by atoms with Gasteiger partial charge in [-0.2, -0.15) is 0 Å². The highest BCUT2D eigenvalue weighted by molar-refractivity contribution is 5.24. The van der Waals surface area contributed by atoms with Crippen LogP contribution in [0.2, 0.25) is 0 Å². The first-order chi connectivity index (χ1) is 6.40. The van der Waals surface area contributed by atoms with Crippen LogP contribution >= 0.6 is 0 Å². The molecule has 82 valence electrons. The first-order valence-corrected chi connectivity index (χ1v) is 5.72. The Morgan fingerprint density at radius 3 is 2.14 bits per heavy atom. The molecule has 0 bridgehead atoms. The maximum atomic E-state index is 2.31. The number of rotatable bonds is 4. The molecule has 0 aromatic heterocycles. The fraction of sp³-hybridized carbons (Fsp3) is 0.714. The van der Waals surface area contributed by atoms with E-state index in [1.165, 1.54) is 30.4 Å². The standard InChI is InChI=1S/C14H26/c1-7-9-13(12(3)8-2)10-11-14(4,5)6/h7,9H,8,10-11H2,1-6H3/b9-7-,13-12+. The monoisotopic (exact) mass is 194 g/mol. The summed E-state index contributed by atoms with van der Waals surface area (Å²) in [6, 6.07) is 0. The number of hydrogen-bond donors (Lipinski definition) is 0. The summed E-state index contributed by atoms with van der Waals surface area (Å²) >= 11 is 0. The van der Waals surface area contributed by atoms with E-state index in [4.69, 9.17) is 0 Å². The fourth-order valence-corrected chi connectivity index (χ4v) is 1.38. The van der Waals surface area contributed by atoms with E-state index in [2.05, 4.69) is 53.7 Å². The molecule has 0 unspecified atom stereocenters. The van der Waals surface area contributed by atoms with Crippen molar-refractivity contribution in [3.8, 4) is 0 Å². The average Bonchev–Trinajstić information content (AvgIpc) is 2.09. The van der Waals surface area contributed by atoms with Crippen molar-refractivity contribution in [2.75, 3.05) is 0 Å². The Morgan fingerprint density at radius 2 is 1.79 bits per heavy atom. The van der Waals surface area contributed by atoms with Crippen LogP contribution in [-0.2, 0) is 0 Å². The lowest BCUT2D eigenvalue weighted by Crippen LogP contribution is -2.05. The van der Waals surface area contributed by atoms with Crippen LogP contribution in [0.4, 0.5) is 0 Å². The average molecular weight is 194 g/mol. The van der Waals surface area contributed by atoms with Gasteiger partial charge >= 0.3 is 0 Å². The molecule has 0 aliphatic carbocycles. The summed E-state index contributed by atoms with van der Waals surface area (Å²) < 4.78 is 0. The van der Waals surface area contributed by atoms with Crippen LogP contribution in [0, 0.1) is 5.41 Å². The van der Waals surface area contributed by atoms with E-state index in [0.29, 0.717) is 5.41 Å². The molecule has 0 aromatic rings. The number of allylic oxidation sites excluding steroid dienone is 4. The quantitative estimate of drug-likeness (QED) is 0.545. The summed E-state index contributed by atoms with van der Waals surface area (Å²) in [6.07, 6.45) is 8.07. The third-order valence-electron chi connectivity index (χ3n) is 2.59. The molecule has 14 heavy (non-hydrogen) atoms. The molecule has 0 heteroatoms. The van der Waals surface area contributed by atoms with Crippen molar-refractivity contribution in [1.29, 1.82) is 0 Å². The maximum Gasteiger partial charge on any atom is -0.0275 e. The van der Waals surface area contributed by atoms with Gasteiger partial charge in [-0.15, -0.1) is 0 Å². The van der Waals surface area contributed by atoms with Gasteiger partial charge in [0.1, 0.15) is 0 Å². The zero-order chi connectivity index (χ0) is 11.2. The Balaban J connectivity index is 4.41. The third kappa shape index (κ3) is 6.01. The molecule has 0 heterocycles. The second kappa shape index (κ2) is 6.06. The molecular weight excluding hydrogens is 168 g/mol. The second-order valence-corrected chi connectivity index (χ2v) is 5.22. The van der Waals surface area contributed by atoms with E-state index in [1.807, 2.05) is 0 Å². The molecule has 0 aromatic carbocycles. The van der Waals surface area contributed by atoms with Crippen molar-refractivity contribution in [3.63, 3.8) is 0 Å². The molecule has 0 amide bonds. The van der Waals surface area contributed by atoms with Gasteiger partial charge in [-0.05, 0) is 44.1 Å². The van der Waals surface area contributed by atoms with Gasteiger partial charge in [-0.3, -0.25) is 0 Å². The Kier molecular flexibility index (Phi) is 5.83. The van der Waals surface area contributed by atoms with Crippen LogP contribution in [0.3, 0.4) is 0 Å². The second-order valence-electron chi connectivity index (χ2n) is 5.22. The molecular formula is C14H26. The summed E-state index contributed by atoms with van der Waals surface area (Å²) in [5, 5.41) is 0. The van der Waals surface area contributed by atoms with Crippen molar-refractivity contribution in [3.05, 3.63) is 23.3 Å². The van der Waals surface area contributed by atoms with Gasteiger partial charge in [-0.25, -0.2) is 0 Å². The molecule has 0 rings (SSSR count). The molecule has 0 fully saturated rings. The molecule has 0 radical (unpaired) electrons. The normalized spacial score (nSPS) is 14.7. The van der Waals surface area contributed by atoms with E-state index >= 15 is 0 Å². The molecule has 0 aliphatic heterocycles. The smallest absolute Gasteiger partial charge is 0.0275 e. The summed E-state index contributed by atoms with van der Waals surface area (Å²) in [6.45, 7) is 13.5. The SMILES string of the molecule is C/C=C\C(CCC(C)(C)C)=C(\C)CC. The first-order valence-electron chi connectivity index (χ1n) is 5.72. The molecule has 0 saturated heterocycles. The Bertz CT molecular complexity index is 211. The summed E-state index contributed by atoms with van der Waals surface area (Å²) in [7, 11) is 0. The molecule has 0 saturated carbocycles. The van der Waals surface area contributed by atoms with Crippen molar-refractivity contribution in [1.82, 2.24) is 0 Å². The van der Waals surface area contributed by atoms with Crippen LogP contribution in [0.5, 0.6) is 0 Å². The van der Waals surface area contributed by atoms with Crippen molar-refractivity contribution in [2.45, 2.75) is 60.8 Å². The summed E-state index contributed by atoms with van der Waals surface area (Å²) in [5.74, 6) is 0. The van der Waals surface area contributed by atoms with Crippen LogP contribution in [0.25, 0.3) is 0 Å². The van der Waals surface area contributed by atoms with Crippen LogP contribution in [0.1, 0.15) is 60.8 Å². The topological polar surface area (TPSA) is 0 Å². The van der Waals surface area contributed by atoms with E-state index in [0.717, 1.165) is 0 Å². The van der Waals surface area contributed by atoms with Gasteiger partial charge in [0.2, 0.25) is 0 Å². The minimum Gasteiger partial charge on any atom is -0.0874 e. The fourth-order valence-electron chi connectivity index (χ4n) is 1.38. The first kappa shape index (κ1) is 13.5. The molecule has 0 nitrogen and oxygen atoms in total. The van der Waals surface area contributed by atoms with Crippen molar-refractivity contribution < 1.29 is 0 Å². The minimum absolute atomic E-state index is 0.445. The van der Waals surface area contributed by atoms with Gasteiger partial charge in [0.25, 0.3) is 0 Å². The molecule has 0 atom stereocenters. The maximum absolute atomic E-state index is 2.31.